The quantitative estimate of drug-likeness (QED) is 0.642. The molecule has 0 aliphatic carbocycles. The zero-order chi connectivity index (χ0) is 19.5. The van der Waals surface area contributed by atoms with Crippen LogP contribution >= 0.6 is 11.6 Å². The third-order valence-electron chi connectivity index (χ3n) is 5.02. The number of piperidine rings is 1. The Bertz CT molecular complexity index is 969. The van der Waals surface area contributed by atoms with E-state index in [0.717, 1.165) is 18.4 Å². The van der Waals surface area contributed by atoms with Gasteiger partial charge in [0.1, 0.15) is 5.82 Å². The van der Waals surface area contributed by atoms with Crippen LogP contribution in [0, 0.1) is 11.7 Å². The number of rotatable bonds is 4. The molecule has 0 N–H and O–H groups in total. The molecule has 0 spiro atoms. The van der Waals surface area contributed by atoms with Gasteiger partial charge < -0.3 is 9.42 Å². The molecule has 2 heterocycles. The molecule has 1 saturated heterocycles. The van der Waals surface area contributed by atoms with Gasteiger partial charge >= 0.3 is 0 Å². The maximum Gasteiger partial charge on any atom is 0.255 e. The number of likely N-dealkylation sites (tertiary alicyclic amines) is 1. The largest absolute Gasteiger partial charge is 0.339 e. The molecule has 1 aromatic heterocycles. The van der Waals surface area contributed by atoms with E-state index in [4.69, 9.17) is 16.1 Å². The predicted molar refractivity (Wildman–Crippen MR) is 103 cm³/mol. The van der Waals surface area contributed by atoms with Crippen molar-refractivity contribution < 1.29 is 13.7 Å². The van der Waals surface area contributed by atoms with Gasteiger partial charge in [0, 0.05) is 25.1 Å². The van der Waals surface area contributed by atoms with Crippen LogP contribution in [-0.2, 0) is 6.42 Å². The highest BCUT2D eigenvalue weighted by Crippen LogP contribution is 2.25. The molecule has 0 atom stereocenters. The highest BCUT2D eigenvalue weighted by Gasteiger charge is 2.26. The molecule has 0 radical (unpaired) electrons. The van der Waals surface area contributed by atoms with Crippen molar-refractivity contribution in [3.8, 4) is 11.4 Å². The van der Waals surface area contributed by atoms with Gasteiger partial charge in [0.15, 0.2) is 0 Å². The first-order valence-corrected chi connectivity index (χ1v) is 9.60. The van der Waals surface area contributed by atoms with Gasteiger partial charge in [0.2, 0.25) is 11.7 Å². The molecular formula is C21H19ClFN3O2. The zero-order valence-corrected chi connectivity index (χ0v) is 15.9. The standard InChI is InChI=1S/C21H19ClFN3O2/c22-18-7-6-16(23)13-17(18)21(27)26-10-8-14(9-11-26)12-19-24-20(25-28-19)15-4-2-1-3-5-15/h1-7,13-14H,8-12H2. The minimum Gasteiger partial charge on any atom is -0.339 e. The van der Waals surface area contributed by atoms with Crippen LogP contribution < -0.4 is 0 Å². The highest BCUT2D eigenvalue weighted by atomic mass is 35.5. The molecule has 0 unspecified atom stereocenters. The summed E-state index contributed by atoms with van der Waals surface area (Å²) in [5, 5.41) is 4.32. The van der Waals surface area contributed by atoms with Gasteiger partial charge in [-0.25, -0.2) is 4.39 Å². The molecule has 1 aliphatic heterocycles. The Kier molecular flexibility index (Phi) is 5.39. The molecule has 7 heteroatoms. The van der Waals surface area contributed by atoms with Crippen molar-refractivity contribution in [1.29, 1.82) is 0 Å². The van der Waals surface area contributed by atoms with Crippen molar-refractivity contribution in [3.63, 3.8) is 0 Å². The van der Waals surface area contributed by atoms with Gasteiger partial charge in [-0.1, -0.05) is 47.1 Å². The minimum absolute atomic E-state index is 0.213. The number of hydrogen-bond acceptors (Lipinski definition) is 4. The molecule has 3 aromatic rings. The second-order valence-corrected chi connectivity index (χ2v) is 7.35. The van der Waals surface area contributed by atoms with E-state index in [1.807, 2.05) is 30.3 Å². The lowest BCUT2D eigenvalue weighted by Crippen LogP contribution is -2.39. The first-order chi connectivity index (χ1) is 13.6. The minimum atomic E-state index is -0.465. The summed E-state index contributed by atoms with van der Waals surface area (Å²) < 4.78 is 18.8. The number of aromatic nitrogens is 2. The van der Waals surface area contributed by atoms with Gasteiger partial charge in [0.05, 0.1) is 10.6 Å². The fraction of sp³-hybridized carbons (Fsp3) is 0.286. The molecule has 2 aromatic carbocycles. The molecule has 28 heavy (non-hydrogen) atoms. The average molecular weight is 400 g/mol. The van der Waals surface area contributed by atoms with Crippen LogP contribution in [0.1, 0.15) is 29.1 Å². The smallest absolute Gasteiger partial charge is 0.255 e. The fourth-order valence-corrected chi connectivity index (χ4v) is 3.66. The van der Waals surface area contributed by atoms with E-state index in [1.54, 1.807) is 4.90 Å². The number of halogens is 2. The van der Waals surface area contributed by atoms with E-state index >= 15 is 0 Å². The second-order valence-electron chi connectivity index (χ2n) is 6.94. The summed E-state index contributed by atoms with van der Waals surface area (Å²) >= 11 is 6.06. The average Bonchev–Trinajstić information content (AvgIpc) is 3.19. The first-order valence-electron chi connectivity index (χ1n) is 9.22. The molecule has 0 saturated carbocycles. The van der Waals surface area contributed by atoms with Crippen LogP contribution in [-0.4, -0.2) is 34.0 Å². The van der Waals surface area contributed by atoms with Gasteiger partial charge in [-0.3, -0.25) is 4.79 Å². The molecule has 5 nitrogen and oxygen atoms in total. The van der Waals surface area contributed by atoms with Crippen LogP contribution in [0.5, 0.6) is 0 Å². The number of hydrogen-bond donors (Lipinski definition) is 0. The van der Waals surface area contributed by atoms with E-state index in [0.29, 0.717) is 37.1 Å². The maximum atomic E-state index is 13.5. The van der Waals surface area contributed by atoms with Crippen LogP contribution in [0.4, 0.5) is 4.39 Å². The van der Waals surface area contributed by atoms with Crippen molar-refractivity contribution in [2.45, 2.75) is 19.3 Å². The summed E-state index contributed by atoms with van der Waals surface area (Å²) in [5.41, 5.74) is 1.13. The first kappa shape index (κ1) is 18.6. The molecule has 1 fully saturated rings. The summed E-state index contributed by atoms with van der Waals surface area (Å²) in [4.78, 5) is 18.8. The Morgan fingerprint density at radius 3 is 2.68 bits per heavy atom. The molecule has 1 aliphatic rings. The summed E-state index contributed by atoms with van der Waals surface area (Å²) in [6.07, 6.45) is 2.33. The fourth-order valence-electron chi connectivity index (χ4n) is 3.46. The highest BCUT2D eigenvalue weighted by molar-refractivity contribution is 6.33. The lowest BCUT2D eigenvalue weighted by atomic mass is 9.93. The van der Waals surface area contributed by atoms with Crippen LogP contribution in [0.3, 0.4) is 0 Å². The van der Waals surface area contributed by atoms with Crippen LogP contribution in [0.25, 0.3) is 11.4 Å². The van der Waals surface area contributed by atoms with E-state index in [1.165, 1.54) is 18.2 Å². The van der Waals surface area contributed by atoms with Crippen molar-refractivity contribution in [2.24, 2.45) is 5.92 Å². The molecular weight excluding hydrogens is 381 g/mol. The van der Waals surface area contributed by atoms with Gasteiger partial charge in [0.25, 0.3) is 5.91 Å². The lowest BCUT2D eigenvalue weighted by Gasteiger charge is -2.31. The van der Waals surface area contributed by atoms with E-state index in [-0.39, 0.29) is 16.5 Å². The Balaban J connectivity index is 1.35. The van der Waals surface area contributed by atoms with E-state index in [2.05, 4.69) is 10.1 Å². The number of benzene rings is 2. The summed E-state index contributed by atoms with van der Waals surface area (Å²) in [5.74, 6) is 0.859. The zero-order valence-electron chi connectivity index (χ0n) is 15.1. The molecule has 144 valence electrons. The van der Waals surface area contributed by atoms with Crippen molar-refractivity contribution >= 4 is 17.5 Å². The third-order valence-corrected chi connectivity index (χ3v) is 5.35. The maximum absolute atomic E-state index is 13.5. The van der Waals surface area contributed by atoms with Gasteiger partial charge in [-0.2, -0.15) is 4.98 Å². The van der Waals surface area contributed by atoms with E-state index in [9.17, 15) is 9.18 Å². The number of carbonyl (C=O) groups excluding carboxylic acids is 1. The Morgan fingerprint density at radius 2 is 1.93 bits per heavy atom. The predicted octanol–water partition coefficient (Wildman–Crippen LogP) is 4.62. The third kappa shape index (κ3) is 4.07. The Hall–Kier alpha value is -2.73. The van der Waals surface area contributed by atoms with Gasteiger partial charge in [-0.15, -0.1) is 0 Å². The number of amides is 1. The summed E-state index contributed by atoms with van der Waals surface area (Å²) in [6, 6.07) is 13.5. The molecule has 1 amide bonds. The Labute approximate surface area is 167 Å². The molecule has 4 rings (SSSR count). The van der Waals surface area contributed by atoms with Crippen LogP contribution in [0.2, 0.25) is 5.02 Å². The van der Waals surface area contributed by atoms with Crippen molar-refractivity contribution in [1.82, 2.24) is 15.0 Å². The SMILES string of the molecule is O=C(c1cc(F)ccc1Cl)N1CCC(Cc2nc(-c3ccccc3)no2)CC1. The van der Waals surface area contributed by atoms with Crippen molar-refractivity contribution in [3.05, 3.63) is 70.8 Å². The summed E-state index contributed by atoms with van der Waals surface area (Å²) in [7, 11) is 0. The molecule has 0 bridgehead atoms. The monoisotopic (exact) mass is 399 g/mol. The normalized spacial score (nSPS) is 15.0. The number of nitrogens with zero attached hydrogens (tertiary/aromatic N) is 3. The second kappa shape index (κ2) is 8.10. The summed E-state index contributed by atoms with van der Waals surface area (Å²) in [6.45, 7) is 1.19. The topological polar surface area (TPSA) is 59.2 Å². The van der Waals surface area contributed by atoms with Gasteiger partial charge in [-0.05, 0) is 37.0 Å². The lowest BCUT2D eigenvalue weighted by molar-refractivity contribution is 0.0687. The number of carbonyl (C=O) groups is 1. The Morgan fingerprint density at radius 1 is 1.18 bits per heavy atom. The van der Waals surface area contributed by atoms with E-state index < -0.39 is 5.82 Å². The van der Waals surface area contributed by atoms with Crippen molar-refractivity contribution in [2.75, 3.05) is 13.1 Å². The van der Waals surface area contributed by atoms with Crippen LogP contribution in [0.15, 0.2) is 53.1 Å².